The minimum atomic E-state index is 0.148. The fourth-order valence-corrected chi connectivity index (χ4v) is 2.66. The molecular formula is C15H22N2O. The van der Waals surface area contributed by atoms with E-state index in [0.717, 1.165) is 25.9 Å². The largest absolute Gasteiger partial charge is 0.341 e. The number of nitrogens with zero attached hydrogens (tertiary/aromatic N) is 1. The molecule has 18 heavy (non-hydrogen) atoms. The molecule has 2 unspecified atom stereocenters. The predicted molar refractivity (Wildman–Crippen MR) is 73.1 cm³/mol. The number of amides is 1. The number of nitrogens with two attached hydrogens (primary N) is 1. The molecule has 2 rings (SSSR count). The molecule has 1 aliphatic heterocycles. The van der Waals surface area contributed by atoms with E-state index < -0.39 is 0 Å². The molecule has 1 fully saturated rings. The lowest BCUT2D eigenvalue weighted by Gasteiger charge is -2.34. The molecule has 2 atom stereocenters. The van der Waals surface area contributed by atoms with Crippen molar-refractivity contribution >= 4 is 5.91 Å². The number of piperidine rings is 1. The second-order valence-electron chi connectivity index (χ2n) is 5.39. The summed E-state index contributed by atoms with van der Waals surface area (Å²) < 4.78 is 0. The van der Waals surface area contributed by atoms with Gasteiger partial charge in [0.2, 0.25) is 5.91 Å². The Labute approximate surface area is 109 Å². The topological polar surface area (TPSA) is 46.3 Å². The summed E-state index contributed by atoms with van der Waals surface area (Å²) in [4.78, 5) is 14.1. The molecule has 1 saturated heterocycles. The van der Waals surface area contributed by atoms with Crippen molar-refractivity contribution in [3.8, 4) is 0 Å². The Bertz CT molecular complexity index is 381. The average molecular weight is 246 g/mol. The fourth-order valence-electron chi connectivity index (χ4n) is 2.66. The third-order valence-corrected chi connectivity index (χ3v) is 3.52. The van der Waals surface area contributed by atoms with Gasteiger partial charge in [0.05, 0.1) is 0 Å². The lowest BCUT2D eigenvalue weighted by Crippen LogP contribution is -2.48. The Hall–Kier alpha value is -1.35. The van der Waals surface area contributed by atoms with Gasteiger partial charge in [-0.05, 0) is 24.3 Å². The number of carbonyl (C=O) groups excluding carboxylic acids is 1. The highest BCUT2D eigenvalue weighted by Gasteiger charge is 2.25. The third-order valence-electron chi connectivity index (χ3n) is 3.52. The second-order valence-corrected chi connectivity index (χ2v) is 5.39. The van der Waals surface area contributed by atoms with E-state index >= 15 is 0 Å². The van der Waals surface area contributed by atoms with E-state index in [0.29, 0.717) is 12.3 Å². The normalized spacial score (nSPS) is 24.0. The highest BCUT2D eigenvalue weighted by atomic mass is 16.2. The maximum absolute atomic E-state index is 12.1. The van der Waals surface area contributed by atoms with E-state index in [2.05, 4.69) is 19.1 Å². The first-order valence-electron chi connectivity index (χ1n) is 6.72. The van der Waals surface area contributed by atoms with Gasteiger partial charge < -0.3 is 10.6 Å². The molecular weight excluding hydrogens is 224 g/mol. The van der Waals surface area contributed by atoms with Crippen LogP contribution in [0.1, 0.15) is 25.3 Å². The molecule has 1 aromatic carbocycles. The van der Waals surface area contributed by atoms with Gasteiger partial charge in [-0.1, -0.05) is 37.3 Å². The van der Waals surface area contributed by atoms with Gasteiger partial charge in [0, 0.05) is 25.6 Å². The number of hydrogen-bond acceptors (Lipinski definition) is 2. The maximum atomic E-state index is 12.1. The van der Waals surface area contributed by atoms with Crippen molar-refractivity contribution in [1.82, 2.24) is 4.90 Å². The zero-order chi connectivity index (χ0) is 13.0. The van der Waals surface area contributed by atoms with Crippen molar-refractivity contribution in [2.75, 3.05) is 13.1 Å². The monoisotopic (exact) mass is 246 g/mol. The third kappa shape index (κ3) is 3.57. The average Bonchev–Trinajstić information content (AvgIpc) is 2.36. The quantitative estimate of drug-likeness (QED) is 0.884. The fraction of sp³-hybridized carbons (Fsp3) is 0.533. The first-order chi connectivity index (χ1) is 8.65. The standard InChI is InChI=1S/C15H22N2O/c1-12-9-14(16)11-17(10-12)15(18)8-7-13-5-3-2-4-6-13/h2-6,12,14H,7-11,16H2,1H3. The van der Waals surface area contributed by atoms with Gasteiger partial charge in [-0.2, -0.15) is 0 Å². The Morgan fingerprint density at radius 3 is 2.72 bits per heavy atom. The van der Waals surface area contributed by atoms with Crippen molar-refractivity contribution in [3.05, 3.63) is 35.9 Å². The molecule has 0 radical (unpaired) electrons. The Balaban J connectivity index is 1.84. The molecule has 1 aromatic rings. The summed E-state index contributed by atoms with van der Waals surface area (Å²) in [6, 6.07) is 10.3. The Morgan fingerprint density at radius 1 is 1.33 bits per heavy atom. The Morgan fingerprint density at radius 2 is 2.06 bits per heavy atom. The predicted octanol–water partition coefficient (Wildman–Crippen LogP) is 1.81. The van der Waals surface area contributed by atoms with Crippen LogP contribution in [0.5, 0.6) is 0 Å². The molecule has 1 amide bonds. The zero-order valence-electron chi connectivity index (χ0n) is 11.0. The van der Waals surface area contributed by atoms with Crippen LogP contribution in [0.25, 0.3) is 0 Å². The molecule has 0 spiro atoms. The van der Waals surface area contributed by atoms with Crippen LogP contribution in [-0.2, 0) is 11.2 Å². The van der Waals surface area contributed by atoms with Crippen molar-refractivity contribution in [2.24, 2.45) is 11.7 Å². The van der Waals surface area contributed by atoms with E-state index in [4.69, 9.17) is 5.73 Å². The lowest BCUT2D eigenvalue weighted by molar-refractivity contribution is -0.133. The molecule has 98 valence electrons. The minimum absolute atomic E-state index is 0.148. The van der Waals surface area contributed by atoms with Crippen LogP contribution in [0.2, 0.25) is 0 Å². The number of rotatable bonds is 3. The second kappa shape index (κ2) is 6.01. The van der Waals surface area contributed by atoms with Crippen LogP contribution in [0, 0.1) is 5.92 Å². The zero-order valence-corrected chi connectivity index (χ0v) is 11.0. The Kier molecular flexibility index (Phi) is 4.37. The summed E-state index contributed by atoms with van der Waals surface area (Å²) in [5.74, 6) is 0.760. The van der Waals surface area contributed by atoms with Gasteiger partial charge in [-0.15, -0.1) is 0 Å². The van der Waals surface area contributed by atoms with E-state index in [1.807, 2.05) is 23.1 Å². The van der Waals surface area contributed by atoms with Crippen molar-refractivity contribution in [3.63, 3.8) is 0 Å². The van der Waals surface area contributed by atoms with Crippen LogP contribution < -0.4 is 5.73 Å². The summed E-state index contributed by atoms with van der Waals surface area (Å²) in [6.07, 6.45) is 2.44. The highest BCUT2D eigenvalue weighted by molar-refractivity contribution is 5.76. The van der Waals surface area contributed by atoms with E-state index in [1.165, 1.54) is 5.56 Å². The van der Waals surface area contributed by atoms with Gasteiger partial charge in [-0.3, -0.25) is 4.79 Å². The number of likely N-dealkylation sites (tertiary alicyclic amines) is 1. The molecule has 0 aromatic heterocycles. The van der Waals surface area contributed by atoms with Gasteiger partial charge in [0.1, 0.15) is 0 Å². The van der Waals surface area contributed by atoms with E-state index in [9.17, 15) is 4.79 Å². The first-order valence-corrected chi connectivity index (χ1v) is 6.72. The van der Waals surface area contributed by atoms with Gasteiger partial charge >= 0.3 is 0 Å². The summed E-state index contributed by atoms with van der Waals surface area (Å²) in [7, 11) is 0. The number of hydrogen-bond donors (Lipinski definition) is 1. The molecule has 2 N–H and O–H groups in total. The summed E-state index contributed by atoms with van der Waals surface area (Å²) in [5, 5.41) is 0. The molecule has 3 nitrogen and oxygen atoms in total. The number of benzene rings is 1. The summed E-state index contributed by atoms with van der Waals surface area (Å²) in [6.45, 7) is 3.75. The van der Waals surface area contributed by atoms with Crippen LogP contribution in [0.4, 0.5) is 0 Å². The van der Waals surface area contributed by atoms with Gasteiger partial charge in [0.25, 0.3) is 0 Å². The molecule has 3 heteroatoms. The SMILES string of the molecule is CC1CC(N)CN(C(=O)CCc2ccccc2)C1. The molecule has 0 aliphatic carbocycles. The van der Waals surface area contributed by atoms with Crippen molar-refractivity contribution < 1.29 is 4.79 Å². The van der Waals surface area contributed by atoms with Crippen LogP contribution in [0.15, 0.2) is 30.3 Å². The molecule has 0 saturated carbocycles. The number of carbonyl (C=O) groups is 1. The van der Waals surface area contributed by atoms with Crippen LogP contribution in [0.3, 0.4) is 0 Å². The first kappa shape index (κ1) is 13.1. The van der Waals surface area contributed by atoms with Crippen molar-refractivity contribution in [1.29, 1.82) is 0 Å². The molecule has 1 heterocycles. The summed E-state index contributed by atoms with van der Waals surface area (Å²) in [5.41, 5.74) is 7.19. The van der Waals surface area contributed by atoms with Crippen molar-refractivity contribution in [2.45, 2.75) is 32.2 Å². The van der Waals surface area contributed by atoms with Crippen LogP contribution >= 0.6 is 0 Å². The number of aryl methyl sites for hydroxylation is 1. The smallest absolute Gasteiger partial charge is 0.222 e. The maximum Gasteiger partial charge on any atom is 0.222 e. The van der Waals surface area contributed by atoms with E-state index in [-0.39, 0.29) is 11.9 Å². The minimum Gasteiger partial charge on any atom is -0.341 e. The molecule has 0 bridgehead atoms. The van der Waals surface area contributed by atoms with E-state index in [1.54, 1.807) is 0 Å². The summed E-state index contributed by atoms with van der Waals surface area (Å²) >= 11 is 0. The highest BCUT2D eigenvalue weighted by Crippen LogP contribution is 2.16. The van der Waals surface area contributed by atoms with Crippen LogP contribution in [-0.4, -0.2) is 29.9 Å². The van der Waals surface area contributed by atoms with Gasteiger partial charge in [-0.25, -0.2) is 0 Å². The lowest BCUT2D eigenvalue weighted by atomic mass is 9.96. The van der Waals surface area contributed by atoms with Gasteiger partial charge in [0.15, 0.2) is 0 Å². The molecule has 1 aliphatic rings.